The molecule has 2 aromatic heterocycles. The molecule has 0 saturated heterocycles. The van der Waals surface area contributed by atoms with E-state index in [9.17, 15) is 0 Å². The predicted molar refractivity (Wildman–Crippen MR) is 136 cm³/mol. The smallest absolute Gasteiger partial charge is 0.169 e. The lowest BCUT2D eigenvalue weighted by Gasteiger charge is -2.04. The van der Waals surface area contributed by atoms with Crippen LogP contribution in [0.1, 0.15) is 60.0 Å². The van der Waals surface area contributed by atoms with Gasteiger partial charge in [0.05, 0.1) is 11.4 Å². The minimum atomic E-state index is 0.847. The summed E-state index contributed by atoms with van der Waals surface area (Å²) in [6.45, 7) is 6.50. The van der Waals surface area contributed by atoms with E-state index in [1.807, 2.05) is 24.5 Å². The van der Waals surface area contributed by atoms with Crippen molar-refractivity contribution in [2.45, 2.75) is 65.7 Å². The molecule has 4 nitrogen and oxygen atoms in total. The van der Waals surface area contributed by atoms with Crippen LogP contribution in [0.2, 0.25) is 0 Å². The average Bonchev–Trinajstić information content (AvgIpc) is 3.38. The van der Waals surface area contributed by atoms with Gasteiger partial charge in [-0.25, -0.2) is 4.98 Å². The zero-order chi connectivity index (χ0) is 22.5. The third-order valence-corrected chi connectivity index (χ3v) is 7.30. The van der Waals surface area contributed by atoms with Crippen molar-refractivity contribution in [3.05, 3.63) is 63.8 Å². The Hall–Kier alpha value is -2.66. The van der Waals surface area contributed by atoms with Gasteiger partial charge in [0.2, 0.25) is 0 Å². The molecule has 0 atom stereocenters. The number of rotatable bonds is 10. The summed E-state index contributed by atoms with van der Waals surface area (Å²) in [5.74, 6) is 0. The summed E-state index contributed by atoms with van der Waals surface area (Å²) in [4.78, 5) is 6.46. The summed E-state index contributed by atoms with van der Waals surface area (Å²) in [7, 11) is 1.93. The molecule has 2 heterocycles. The van der Waals surface area contributed by atoms with Gasteiger partial charge in [0.25, 0.3) is 0 Å². The number of anilines is 1. The Morgan fingerprint density at radius 3 is 2.50 bits per heavy atom. The standard InChI is InChI=1S/C27H33N3OS/c1-5-6-7-8-9-23-26(32-27(29-23)20-12-10-18(2)11-13-20)15-14-22-21-16-19(3)24(28-4)17-25(21)31-30-22/h10-13,16-17,28H,5-9,14-15H2,1-4H3. The molecule has 168 valence electrons. The summed E-state index contributed by atoms with van der Waals surface area (Å²) in [6.07, 6.45) is 7.90. The molecule has 0 aliphatic carbocycles. The first-order chi connectivity index (χ1) is 15.6. The summed E-state index contributed by atoms with van der Waals surface area (Å²) < 4.78 is 5.64. The van der Waals surface area contributed by atoms with Crippen molar-refractivity contribution in [2.75, 3.05) is 12.4 Å². The molecule has 0 aliphatic heterocycles. The Morgan fingerprint density at radius 1 is 0.938 bits per heavy atom. The molecule has 4 aromatic rings. The van der Waals surface area contributed by atoms with Gasteiger partial charge in [-0.3, -0.25) is 0 Å². The molecule has 32 heavy (non-hydrogen) atoms. The van der Waals surface area contributed by atoms with Crippen LogP contribution < -0.4 is 5.32 Å². The van der Waals surface area contributed by atoms with Crippen molar-refractivity contribution in [1.82, 2.24) is 10.1 Å². The molecule has 1 N–H and O–H groups in total. The van der Waals surface area contributed by atoms with Crippen molar-refractivity contribution in [3.8, 4) is 10.6 Å². The van der Waals surface area contributed by atoms with E-state index >= 15 is 0 Å². The van der Waals surface area contributed by atoms with Crippen LogP contribution in [0.5, 0.6) is 0 Å². The minimum Gasteiger partial charge on any atom is -0.388 e. The van der Waals surface area contributed by atoms with E-state index in [-0.39, 0.29) is 0 Å². The number of fused-ring (bicyclic) bond motifs is 1. The Morgan fingerprint density at radius 2 is 1.75 bits per heavy atom. The van der Waals surface area contributed by atoms with Crippen molar-refractivity contribution in [3.63, 3.8) is 0 Å². The van der Waals surface area contributed by atoms with Gasteiger partial charge in [0.15, 0.2) is 5.58 Å². The van der Waals surface area contributed by atoms with Gasteiger partial charge >= 0.3 is 0 Å². The molecule has 0 aliphatic rings. The lowest BCUT2D eigenvalue weighted by atomic mass is 10.1. The topological polar surface area (TPSA) is 51.0 Å². The zero-order valence-corrected chi connectivity index (χ0v) is 20.4. The van der Waals surface area contributed by atoms with E-state index in [4.69, 9.17) is 9.51 Å². The average molecular weight is 448 g/mol. The molecule has 5 heteroatoms. The van der Waals surface area contributed by atoms with E-state index in [2.05, 4.69) is 61.6 Å². The largest absolute Gasteiger partial charge is 0.388 e. The third kappa shape index (κ3) is 5.04. The number of aryl methyl sites for hydroxylation is 5. The van der Waals surface area contributed by atoms with E-state index < -0.39 is 0 Å². The van der Waals surface area contributed by atoms with Crippen molar-refractivity contribution < 1.29 is 4.52 Å². The number of nitrogens with zero attached hydrogens (tertiary/aromatic N) is 2. The quantitative estimate of drug-likeness (QED) is 0.255. The highest BCUT2D eigenvalue weighted by Gasteiger charge is 2.16. The molecule has 0 fully saturated rings. The van der Waals surface area contributed by atoms with E-state index in [0.717, 1.165) is 46.6 Å². The third-order valence-electron chi connectivity index (χ3n) is 6.09. The van der Waals surface area contributed by atoms with Crippen LogP contribution in [0.25, 0.3) is 21.5 Å². The molecule has 0 unspecified atom stereocenters. The van der Waals surface area contributed by atoms with Crippen LogP contribution in [-0.4, -0.2) is 17.2 Å². The van der Waals surface area contributed by atoms with Gasteiger partial charge in [-0.15, -0.1) is 11.3 Å². The lowest BCUT2D eigenvalue weighted by molar-refractivity contribution is 0.446. The van der Waals surface area contributed by atoms with Crippen LogP contribution in [0.4, 0.5) is 5.69 Å². The molecule has 0 amide bonds. The Balaban J connectivity index is 1.56. The van der Waals surface area contributed by atoms with Crippen LogP contribution >= 0.6 is 11.3 Å². The first-order valence-electron chi connectivity index (χ1n) is 11.7. The molecule has 2 aromatic carbocycles. The molecule has 0 spiro atoms. The highest BCUT2D eigenvalue weighted by molar-refractivity contribution is 7.15. The number of unbranched alkanes of at least 4 members (excludes halogenated alkanes) is 3. The van der Waals surface area contributed by atoms with E-state index in [1.54, 1.807) is 0 Å². The Kier molecular flexibility index (Phi) is 7.26. The van der Waals surface area contributed by atoms with Crippen molar-refractivity contribution in [1.29, 1.82) is 0 Å². The second-order valence-electron chi connectivity index (χ2n) is 8.61. The SMILES string of the molecule is CCCCCCc1nc(-c2ccc(C)cc2)sc1CCc1noc2cc(NC)c(C)cc12. The Bertz CT molecular complexity index is 1170. The van der Waals surface area contributed by atoms with Gasteiger partial charge in [0, 0.05) is 34.6 Å². The number of nitrogens with one attached hydrogen (secondary N) is 1. The number of benzene rings is 2. The van der Waals surface area contributed by atoms with Crippen molar-refractivity contribution in [2.24, 2.45) is 0 Å². The summed E-state index contributed by atoms with van der Waals surface area (Å²) in [5, 5.41) is 9.87. The summed E-state index contributed by atoms with van der Waals surface area (Å²) in [5.41, 5.74) is 7.93. The highest BCUT2D eigenvalue weighted by atomic mass is 32.1. The molecule has 0 bridgehead atoms. The van der Waals surface area contributed by atoms with E-state index in [1.165, 1.54) is 52.9 Å². The van der Waals surface area contributed by atoms with E-state index in [0.29, 0.717) is 0 Å². The van der Waals surface area contributed by atoms with Crippen LogP contribution in [0.3, 0.4) is 0 Å². The van der Waals surface area contributed by atoms with Gasteiger partial charge < -0.3 is 9.84 Å². The number of thiazole rings is 1. The second kappa shape index (κ2) is 10.3. The number of aromatic nitrogens is 2. The molecule has 4 rings (SSSR count). The molecule has 0 radical (unpaired) electrons. The molecular weight excluding hydrogens is 414 g/mol. The fourth-order valence-electron chi connectivity index (χ4n) is 4.14. The minimum absolute atomic E-state index is 0.847. The zero-order valence-electron chi connectivity index (χ0n) is 19.6. The van der Waals surface area contributed by atoms with Gasteiger partial charge in [-0.1, -0.05) is 61.2 Å². The summed E-state index contributed by atoms with van der Waals surface area (Å²) >= 11 is 1.84. The second-order valence-corrected chi connectivity index (χ2v) is 9.69. The fraction of sp³-hybridized carbons (Fsp3) is 0.407. The number of hydrogen-bond acceptors (Lipinski definition) is 5. The lowest BCUT2D eigenvalue weighted by Crippen LogP contribution is -1.96. The maximum Gasteiger partial charge on any atom is 0.169 e. The highest BCUT2D eigenvalue weighted by Crippen LogP contribution is 2.32. The maximum atomic E-state index is 5.64. The molecule has 0 saturated carbocycles. The van der Waals surface area contributed by atoms with Gasteiger partial charge in [0.1, 0.15) is 5.01 Å². The van der Waals surface area contributed by atoms with Gasteiger partial charge in [-0.2, -0.15) is 0 Å². The predicted octanol–water partition coefficient (Wildman–Crippen LogP) is 7.52. The monoisotopic (exact) mass is 447 g/mol. The first kappa shape index (κ1) is 22.5. The Labute approximate surface area is 195 Å². The fourth-order valence-corrected chi connectivity index (χ4v) is 5.25. The van der Waals surface area contributed by atoms with Crippen molar-refractivity contribution >= 4 is 28.0 Å². The summed E-state index contributed by atoms with van der Waals surface area (Å²) in [6, 6.07) is 12.9. The van der Waals surface area contributed by atoms with Crippen LogP contribution in [0.15, 0.2) is 40.9 Å². The normalized spacial score (nSPS) is 11.4. The number of hydrogen-bond donors (Lipinski definition) is 1. The maximum absolute atomic E-state index is 5.64. The first-order valence-corrected chi connectivity index (χ1v) is 12.5. The van der Waals surface area contributed by atoms with Gasteiger partial charge in [-0.05, 0) is 51.2 Å². The van der Waals surface area contributed by atoms with Crippen LogP contribution in [-0.2, 0) is 19.3 Å². The molecular formula is C27H33N3OS. The van der Waals surface area contributed by atoms with Crippen LogP contribution in [0, 0.1) is 13.8 Å².